The fraction of sp³-hybridized carbons (Fsp3) is 0.333. The van der Waals surface area contributed by atoms with Crippen molar-refractivity contribution in [1.82, 2.24) is 0 Å². The first kappa shape index (κ1) is 27.8. The minimum atomic E-state index is -1.62. The second kappa shape index (κ2) is 12.3. The van der Waals surface area contributed by atoms with Crippen LogP contribution in [0.3, 0.4) is 0 Å². The molecule has 0 aromatic heterocycles. The van der Waals surface area contributed by atoms with E-state index in [0.29, 0.717) is 0 Å². The van der Waals surface area contributed by atoms with Gasteiger partial charge in [-0.05, 0) is 44.0 Å². The number of hydrogen-bond acceptors (Lipinski definition) is 10. The number of non-ortho nitro benzene ring substituents is 2. The first-order valence-electron chi connectivity index (χ1n) is 10.9. The van der Waals surface area contributed by atoms with E-state index in [0.717, 1.165) is 48.5 Å². The number of esters is 2. The van der Waals surface area contributed by atoms with Gasteiger partial charge in [0.25, 0.3) is 11.4 Å². The molecule has 0 amide bonds. The molecule has 0 saturated heterocycles. The number of carbonyl (C=O) groups excluding carboxylic acids is 4. The second-order valence-electron chi connectivity index (χ2n) is 7.66. The topological polar surface area (TPSA) is 173 Å². The molecule has 0 fully saturated rings. The van der Waals surface area contributed by atoms with Crippen LogP contribution in [-0.4, -0.2) is 46.6 Å². The van der Waals surface area contributed by atoms with Crippen LogP contribution in [0.2, 0.25) is 0 Å². The van der Waals surface area contributed by atoms with Crippen molar-refractivity contribution in [3.63, 3.8) is 0 Å². The molecule has 2 aromatic carbocycles. The first-order chi connectivity index (χ1) is 17.0. The highest BCUT2D eigenvalue weighted by Crippen LogP contribution is 2.31. The molecule has 2 rings (SSSR count). The summed E-state index contributed by atoms with van der Waals surface area (Å²) in [6.45, 7) is 4.20. The minimum absolute atomic E-state index is 0.0594. The van der Waals surface area contributed by atoms with Gasteiger partial charge < -0.3 is 9.47 Å². The van der Waals surface area contributed by atoms with Crippen LogP contribution < -0.4 is 0 Å². The first-order valence-corrected chi connectivity index (χ1v) is 10.9. The van der Waals surface area contributed by atoms with Crippen molar-refractivity contribution in [2.75, 3.05) is 13.2 Å². The Morgan fingerprint density at radius 2 is 1.00 bits per heavy atom. The third-order valence-corrected chi connectivity index (χ3v) is 5.42. The van der Waals surface area contributed by atoms with Crippen molar-refractivity contribution >= 4 is 34.9 Å². The molecule has 0 N–H and O–H groups in total. The van der Waals surface area contributed by atoms with Gasteiger partial charge in [0.1, 0.15) is 11.8 Å². The SMILES string of the molecule is CCOC(=O)C(C(=O)c1ccc([N+](=O)[O-])cc1)C(C)C(C(=O)OCC)C(=O)c1ccc([N+](=O)[O-])cc1. The van der Waals surface area contributed by atoms with Crippen molar-refractivity contribution in [2.45, 2.75) is 20.8 Å². The predicted octanol–water partition coefficient (Wildman–Crippen LogP) is 3.56. The number of benzene rings is 2. The fourth-order valence-electron chi connectivity index (χ4n) is 3.63. The fourth-order valence-corrected chi connectivity index (χ4v) is 3.63. The number of nitro benzene ring substituents is 2. The van der Waals surface area contributed by atoms with E-state index in [1.807, 2.05) is 0 Å². The molecule has 12 heteroatoms. The molecular formula is C24H24N2O10. The molecule has 12 nitrogen and oxygen atoms in total. The zero-order valence-corrected chi connectivity index (χ0v) is 19.7. The van der Waals surface area contributed by atoms with Crippen molar-refractivity contribution in [2.24, 2.45) is 17.8 Å². The van der Waals surface area contributed by atoms with Crippen molar-refractivity contribution in [1.29, 1.82) is 0 Å². The van der Waals surface area contributed by atoms with Gasteiger partial charge >= 0.3 is 11.9 Å². The maximum atomic E-state index is 13.3. The van der Waals surface area contributed by atoms with Gasteiger partial charge in [0.2, 0.25) is 0 Å². The Bertz CT molecular complexity index is 1070. The highest BCUT2D eigenvalue weighted by molar-refractivity contribution is 6.13. The number of hydrogen-bond donors (Lipinski definition) is 0. The summed E-state index contributed by atoms with van der Waals surface area (Å²) in [5.41, 5.74) is -0.665. The summed E-state index contributed by atoms with van der Waals surface area (Å²) in [5, 5.41) is 21.9. The predicted molar refractivity (Wildman–Crippen MR) is 124 cm³/mol. The maximum Gasteiger partial charge on any atom is 0.317 e. The Morgan fingerprint density at radius 1 is 0.694 bits per heavy atom. The van der Waals surface area contributed by atoms with E-state index in [1.54, 1.807) is 0 Å². The Labute approximate surface area is 205 Å². The number of ether oxygens (including phenoxy) is 2. The van der Waals surface area contributed by atoms with Crippen LogP contribution in [0.15, 0.2) is 48.5 Å². The summed E-state index contributed by atoms with van der Waals surface area (Å²) in [5.74, 6) is -8.08. The molecule has 0 radical (unpaired) electrons. The Balaban J connectivity index is 2.52. The van der Waals surface area contributed by atoms with Gasteiger partial charge in [-0.2, -0.15) is 0 Å². The molecular weight excluding hydrogens is 476 g/mol. The highest BCUT2D eigenvalue weighted by atomic mass is 16.6. The summed E-state index contributed by atoms with van der Waals surface area (Å²) in [4.78, 5) is 72.9. The summed E-state index contributed by atoms with van der Waals surface area (Å²) in [7, 11) is 0. The summed E-state index contributed by atoms with van der Waals surface area (Å²) < 4.78 is 10.1. The number of carbonyl (C=O) groups is 4. The molecule has 2 unspecified atom stereocenters. The van der Waals surface area contributed by atoms with Gasteiger partial charge in [-0.3, -0.25) is 39.4 Å². The zero-order valence-electron chi connectivity index (χ0n) is 19.7. The van der Waals surface area contributed by atoms with E-state index in [-0.39, 0.29) is 35.7 Å². The molecule has 190 valence electrons. The van der Waals surface area contributed by atoms with Crippen LogP contribution in [0.4, 0.5) is 11.4 Å². The Morgan fingerprint density at radius 3 is 1.25 bits per heavy atom. The van der Waals surface area contributed by atoms with Gasteiger partial charge in [-0.15, -0.1) is 0 Å². The largest absolute Gasteiger partial charge is 0.465 e. The molecule has 0 aliphatic carbocycles. The normalized spacial score (nSPS) is 13.1. The third kappa shape index (κ3) is 6.34. The van der Waals surface area contributed by atoms with E-state index in [9.17, 15) is 39.4 Å². The van der Waals surface area contributed by atoms with Crippen LogP contribution >= 0.6 is 0 Å². The van der Waals surface area contributed by atoms with Crippen LogP contribution in [0.25, 0.3) is 0 Å². The number of ketones is 2. The lowest BCUT2D eigenvalue weighted by Crippen LogP contribution is -2.42. The minimum Gasteiger partial charge on any atom is -0.465 e. The molecule has 36 heavy (non-hydrogen) atoms. The summed E-state index contributed by atoms with van der Waals surface area (Å²) >= 11 is 0. The summed E-state index contributed by atoms with van der Waals surface area (Å²) in [6, 6.07) is 9.01. The molecule has 0 spiro atoms. The number of Topliss-reactive ketones (excluding diaryl/α,β-unsaturated/α-hetero) is 2. The van der Waals surface area contributed by atoms with E-state index < -0.39 is 51.1 Å². The molecule has 0 aliphatic rings. The quantitative estimate of drug-likeness (QED) is 0.138. The summed E-state index contributed by atoms with van der Waals surface area (Å²) in [6.07, 6.45) is 0. The maximum absolute atomic E-state index is 13.3. The number of rotatable bonds is 12. The van der Waals surface area contributed by atoms with Gasteiger partial charge in [0, 0.05) is 35.4 Å². The van der Waals surface area contributed by atoms with Crippen molar-refractivity contribution in [3.8, 4) is 0 Å². The molecule has 0 heterocycles. The lowest BCUT2D eigenvalue weighted by molar-refractivity contribution is -0.385. The highest BCUT2D eigenvalue weighted by Gasteiger charge is 2.45. The second-order valence-corrected chi connectivity index (χ2v) is 7.66. The lowest BCUT2D eigenvalue weighted by Gasteiger charge is -2.27. The Hall–Kier alpha value is -4.48. The van der Waals surface area contributed by atoms with Gasteiger partial charge in [0.15, 0.2) is 11.6 Å². The van der Waals surface area contributed by atoms with Crippen LogP contribution in [0.1, 0.15) is 41.5 Å². The van der Waals surface area contributed by atoms with E-state index in [1.165, 1.54) is 20.8 Å². The smallest absolute Gasteiger partial charge is 0.317 e. The van der Waals surface area contributed by atoms with Gasteiger partial charge in [-0.1, -0.05) is 6.92 Å². The molecule has 0 bridgehead atoms. The third-order valence-electron chi connectivity index (χ3n) is 5.42. The number of nitro groups is 2. The molecule has 0 aliphatic heterocycles. The average Bonchev–Trinajstić information content (AvgIpc) is 2.84. The zero-order chi connectivity index (χ0) is 27.0. The molecule has 2 atom stereocenters. The van der Waals surface area contributed by atoms with Crippen LogP contribution in [-0.2, 0) is 19.1 Å². The average molecular weight is 500 g/mol. The van der Waals surface area contributed by atoms with Crippen LogP contribution in [0.5, 0.6) is 0 Å². The standard InChI is InChI=1S/C24H24N2O10/c1-4-35-23(29)19(21(27)15-6-10-17(11-7-15)25(31)32)14(3)20(24(30)36-5-2)22(28)16-8-12-18(13-9-16)26(33)34/h6-14,19-20H,4-5H2,1-3H3. The van der Waals surface area contributed by atoms with Crippen molar-refractivity contribution in [3.05, 3.63) is 79.9 Å². The number of nitrogens with zero attached hydrogens (tertiary/aromatic N) is 2. The molecule has 0 saturated carbocycles. The monoisotopic (exact) mass is 500 g/mol. The van der Waals surface area contributed by atoms with Gasteiger partial charge in [0.05, 0.1) is 23.1 Å². The van der Waals surface area contributed by atoms with Crippen molar-refractivity contribution < 1.29 is 38.5 Å². The van der Waals surface area contributed by atoms with Gasteiger partial charge in [-0.25, -0.2) is 0 Å². The van der Waals surface area contributed by atoms with E-state index in [4.69, 9.17) is 9.47 Å². The van der Waals surface area contributed by atoms with Crippen LogP contribution in [0, 0.1) is 38.0 Å². The lowest BCUT2D eigenvalue weighted by atomic mass is 9.75. The van der Waals surface area contributed by atoms with E-state index in [2.05, 4.69) is 0 Å². The molecule has 2 aromatic rings. The Kier molecular flexibility index (Phi) is 9.48. The van der Waals surface area contributed by atoms with E-state index >= 15 is 0 Å².